The Morgan fingerprint density at radius 2 is 1.00 bits per heavy atom. The molecule has 0 aromatic carbocycles. The summed E-state index contributed by atoms with van der Waals surface area (Å²) in [5.41, 5.74) is 0. The molecule has 0 bridgehead atoms. The Balaban J connectivity index is -0.00000000222. The van der Waals surface area contributed by atoms with Gasteiger partial charge in [-0.3, -0.25) is 0 Å². The molecule has 0 saturated carbocycles. The summed E-state index contributed by atoms with van der Waals surface area (Å²) in [4.78, 5) is 21.6. The number of hydrogen-bond donors (Lipinski definition) is 3. The van der Waals surface area contributed by atoms with Gasteiger partial charge in [-0.1, -0.05) is 0 Å². The van der Waals surface area contributed by atoms with Gasteiger partial charge in [0.05, 0.1) is 0 Å². The minimum atomic E-state index is -4.64. The Labute approximate surface area is 112 Å². The smallest absolute Gasteiger partial charge is 1.00 e. The fourth-order valence-electron chi connectivity index (χ4n) is 0. The monoisotopic (exact) mass is 238 g/mol. The Bertz CT molecular complexity index is 75.1. The van der Waals surface area contributed by atoms with E-state index >= 15 is 0 Å². The molecule has 7 nitrogen and oxygen atoms in total. The van der Waals surface area contributed by atoms with Gasteiger partial charge >= 0.3 is 60.4 Å². The molecule has 9 N–H and O–H groups in total. The Morgan fingerprint density at radius 3 is 1.00 bits per heavy atom. The molecule has 0 rings (SSSR count). The van der Waals surface area contributed by atoms with Crippen molar-refractivity contribution < 1.29 is 69.5 Å². The Kier molecular flexibility index (Phi) is 107. The van der Waals surface area contributed by atoms with Crippen LogP contribution in [0.3, 0.4) is 0 Å². The van der Waals surface area contributed by atoms with E-state index in [1.165, 1.54) is 0 Å². The average Bonchev–Trinajstić information content (AvgIpc) is 0.722. The third kappa shape index (κ3) is 290. The van der Waals surface area contributed by atoms with E-state index < -0.39 is 7.82 Å². The van der Waals surface area contributed by atoms with Gasteiger partial charge in [-0.25, -0.2) is 4.57 Å². The van der Waals surface area contributed by atoms with E-state index in [1.54, 1.807) is 0 Å². The van der Waals surface area contributed by atoms with Crippen molar-refractivity contribution in [2.24, 2.45) is 0 Å². The van der Waals surface area contributed by atoms with Gasteiger partial charge in [0.1, 0.15) is 0 Å². The quantitative estimate of drug-likeness (QED) is 0.282. The molecule has 0 heterocycles. The van der Waals surface area contributed by atoms with Gasteiger partial charge < -0.3 is 35.4 Å². The second-order valence-electron chi connectivity index (χ2n) is 0.513. The zero-order chi connectivity index (χ0) is 4.50. The van der Waals surface area contributed by atoms with E-state index in [0.717, 1.165) is 0 Å². The number of halogens is 1. The van der Waals surface area contributed by atoms with Crippen LogP contribution < -0.4 is 29.6 Å². The fourth-order valence-corrected chi connectivity index (χ4v) is 0. The van der Waals surface area contributed by atoms with Crippen molar-refractivity contribution in [3.63, 3.8) is 0 Å². The number of rotatable bonds is 0. The van der Waals surface area contributed by atoms with Crippen LogP contribution in [0.2, 0.25) is 0 Å². The number of phosphoric acid groups is 1. The van der Waals surface area contributed by atoms with E-state index in [9.17, 15) is 0 Å². The Hall–Kier alpha value is 2.05. The first kappa shape index (κ1) is 51.8. The van der Waals surface area contributed by atoms with Crippen molar-refractivity contribution in [3.05, 3.63) is 0 Å². The first-order valence-corrected chi connectivity index (χ1v) is 2.35. The van der Waals surface area contributed by atoms with Crippen LogP contribution in [0.1, 0.15) is 4.28 Å². The molecule has 0 aromatic heterocycles. The van der Waals surface area contributed by atoms with E-state index in [2.05, 4.69) is 0 Å². The standard InChI is InChI=1S/ClH.Mg.Na.H3O4P.3H2O.3H/c;;;1-5(2,3)4;;;;;;/h1H;;;(H3,1,2,3,4);3*1H2;;;/q;+2;+1;;;;;3*-1. The SMILES string of the molecule is Cl.O.O.O.O=P(O)(O)O.[H-].[H-].[H-].[Mg+2].[Na+]. The first-order chi connectivity index (χ1) is 2.00. The van der Waals surface area contributed by atoms with Crippen molar-refractivity contribution in [2.45, 2.75) is 0 Å². The van der Waals surface area contributed by atoms with Gasteiger partial charge in [0.2, 0.25) is 0 Å². The van der Waals surface area contributed by atoms with E-state index in [1.807, 2.05) is 0 Å². The number of hydrogen-bond acceptors (Lipinski definition) is 1. The molecule has 0 spiro atoms. The molecule has 0 amide bonds. The van der Waals surface area contributed by atoms with Gasteiger partial charge in [0, 0.05) is 0 Å². The zero-order valence-electron chi connectivity index (χ0n) is 8.81. The minimum absolute atomic E-state index is 0. The first-order valence-electron chi connectivity index (χ1n) is 0.783. The van der Waals surface area contributed by atoms with Crippen molar-refractivity contribution in [1.82, 2.24) is 0 Å². The van der Waals surface area contributed by atoms with Gasteiger partial charge in [0.25, 0.3) is 0 Å². The molecule has 0 saturated heterocycles. The Morgan fingerprint density at radius 1 is 1.00 bits per heavy atom. The maximum Gasteiger partial charge on any atom is 2.00 e. The van der Waals surface area contributed by atoms with Crippen LogP contribution in [0, 0.1) is 0 Å². The molecule has 11 heteroatoms. The third-order valence-electron chi connectivity index (χ3n) is 0. The van der Waals surface area contributed by atoms with Crippen LogP contribution in [0.25, 0.3) is 0 Å². The van der Waals surface area contributed by atoms with Crippen molar-refractivity contribution in [3.8, 4) is 0 Å². The summed E-state index contributed by atoms with van der Waals surface area (Å²) < 4.78 is 8.88. The molecule has 70 valence electrons. The van der Waals surface area contributed by atoms with Crippen LogP contribution in [0.15, 0.2) is 0 Å². The molecule has 11 heavy (non-hydrogen) atoms. The summed E-state index contributed by atoms with van der Waals surface area (Å²) in [7, 11) is -4.64. The predicted molar refractivity (Wildman–Crippen MR) is 41.4 cm³/mol. The van der Waals surface area contributed by atoms with Crippen LogP contribution in [-0.2, 0) is 4.57 Å². The third-order valence-corrected chi connectivity index (χ3v) is 0. The molecule has 0 aliphatic heterocycles. The van der Waals surface area contributed by atoms with Crippen LogP contribution in [-0.4, -0.2) is 54.2 Å². The van der Waals surface area contributed by atoms with Gasteiger partial charge in [-0.2, -0.15) is 0 Å². The summed E-state index contributed by atoms with van der Waals surface area (Å²) in [5, 5.41) is 0. The predicted octanol–water partition coefficient (Wildman–Crippen LogP) is -6.02. The molecule has 0 radical (unpaired) electrons. The molecule has 0 fully saturated rings. The van der Waals surface area contributed by atoms with Crippen molar-refractivity contribution in [1.29, 1.82) is 0 Å². The molecular weight excluding hydrogens is 226 g/mol. The van der Waals surface area contributed by atoms with E-state index in [0.29, 0.717) is 0 Å². The summed E-state index contributed by atoms with van der Waals surface area (Å²) >= 11 is 0. The summed E-state index contributed by atoms with van der Waals surface area (Å²) in [6.45, 7) is 0. The molecule has 0 aliphatic rings. The fraction of sp³-hybridized carbons (Fsp3) is 0. The summed E-state index contributed by atoms with van der Waals surface area (Å²) in [6, 6.07) is 0. The second kappa shape index (κ2) is 22.7. The van der Waals surface area contributed by atoms with Crippen LogP contribution >= 0.6 is 20.2 Å². The maximum absolute atomic E-state index is 8.88. The van der Waals surface area contributed by atoms with Gasteiger partial charge in [0.15, 0.2) is 0 Å². The van der Waals surface area contributed by atoms with Crippen LogP contribution in [0.5, 0.6) is 0 Å². The molecule has 0 atom stereocenters. The van der Waals surface area contributed by atoms with Crippen LogP contribution in [0.4, 0.5) is 0 Å². The topological polar surface area (TPSA) is 172 Å². The zero-order valence-corrected chi connectivity index (χ0v) is 10.9. The second-order valence-corrected chi connectivity index (χ2v) is 1.54. The molecule has 0 aromatic rings. The average molecular weight is 239 g/mol. The maximum atomic E-state index is 8.88. The van der Waals surface area contributed by atoms with E-state index in [4.69, 9.17) is 19.2 Å². The van der Waals surface area contributed by atoms with Crippen molar-refractivity contribution >= 4 is 43.3 Å². The van der Waals surface area contributed by atoms with Gasteiger partial charge in [-0.15, -0.1) is 12.4 Å². The largest absolute Gasteiger partial charge is 2.00 e. The molecular formula is H13ClMgNaO7P. The summed E-state index contributed by atoms with van der Waals surface area (Å²) in [6.07, 6.45) is 0. The normalized spacial score (nSPS) is 5.36. The van der Waals surface area contributed by atoms with Crippen molar-refractivity contribution in [2.75, 3.05) is 0 Å². The van der Waals surface area contributed by atoms with Gasteiger partial charge in [-0.05, 0) is 0 Å². The molecule has 0 aliphatic carbocycles. The molecule has 0 unspecified atom stereocenters. The summed E-state index contributed by atoms with van der Waals surface area (Å²) in [5.74, 6) is 0. The van der Waals surface area contributed by atoms with E-state index in [-0.39, 0.29) is 85.7 Å². The minimum Gasteiger partial charge on any atom is -1.00 e.